The molecule has 7 rings (SSSR count). The van der Waals surface area contributed by atoms with Crippen LogP contribution in [0, 0.1) is 0 Å². The standard InChI is InChI=1S/C36H36N4O/c41-35-33(31-24-30(18-19-32(31)38-35)39-36(20-21-36)28-12-6-2-7-13-28)34(27-10-4-1-5-11-27)37-29-16-14-26(15-17-29)25-40-22-8-3-9-23-40/h1-2,4-7,10-19,24,37,39H,3,8-9,20-23,25H2,(H,38,41). The van der Waals surface area contributed by atoms with Gasteiger partial charge < -0.3 is 16.0 Å². The number of rotatable bonds is 8. The molecule has 3 aliphatic rings. The van der Waals surface area contributed by atoms with Crippen molar-refractivity contribution in [3.63, 3.8) is 0 Å². The molecular formula is C36H36N4O. The maximum atomic E-state index is 13.5. The number of carbonyl (C=O) groups excluding carboxylic acids is 1. The number of anilines is 3. The average molecular weight is 541 g/mol. The molecule has 41 heavy (non-hydrogen) atoms. The largest absolute Gasteiger partial charge is 0.376 e. The van der Waals surface area contributed by atoms with E-state index in [-0.39, 0.29) is 11.4 Å². The molecule has 2 heterocycles. The minimum atomic E-state index is -0.0885. The highest BCUT2D eigenvalue weighted by atomic mass is 16.2. The maximum absolute atomic E-state index is 13.5. The molecular weight excluding hydrogens is 504 g/mol. The van der Waals surface area contributed by atoms with Crippen molar-refractivity contribution >= 4 is 34.2 Å². The van der Waals surface area contributed by atoms with Gasteiger partial charge in [0, 0.05) is 29.2 Å². The van der Waals surface area contributed by atoms with Crippen LogP contribution in [0.3, 0.4) is 0 Å². The van der Waals surface area contributed by atoms with Gasteiger partial charge in [-0.2, -0.15) is 0 Å². The number of hydrogen-bond acceptors (Lipinski definition) is 4. The summed E-state index contributed by atoms with van der Waals surface area (Å²) in [6, 6.07) is 35.7. The summed E-state index contributed by atoms with van der Waals surface area (Å²) >= 11 is 0. The van der Waals surface area contributed by atoms with Crippen LogP contribution in [-0.4, -0.2) is 23.9 Å². The Balaban J connectivity index is 1.21. The molecule has 0 unspecified atom stereocenters. The fraction of sp³-hybridized carbons (Fsp3) is 0.250. The summed E-state index contributed by atoms with van der Waals surface area (Å²) in [4.78, 5) is 16.0. The summed E-state index contributed by atoms with van der Waals surface area (Å²) in [7, 11) is 0. The Labute approximate surface area is 242 Å². The molecule has 0 atom stereocenters. The van der Waals surface area contributed by atoms with E-state index in [0.717, 1.165) is 53.3 Å². The molecule has 4 aromatic rings. The molecule has 0 bridgehead atoms. The van der Waals surface area contributed by atoms with Crippen molar-refractivity contribution in [3.05, 3.63) is 125 Å². The highest BCUT2D eigenvalue weighted by Gasteiger charge is 2.44. The van der Waals surface area contributed by atoms with Gasteiger partial charge in [0.25, 0.3) is 5.91 Å². The van der Waals surface area contributed by atoms with E-state index in [0.29, 0.717) is 5.57 Å². The van der Waals surface area contributed by atoms with Crippen molar-refractivity contribution in [2.75, 3.05) is 29.0 Å². The number of likely N-dealkylation sites (tertiary alicyclic amines) is 1. The molecule has 1 amide bonds. The van der Waals surface area contributed by atoms with Crippen molar-refractivity contribution in [1.29, 1.82) is 0 Å². The third kappa shape index (κ3) is 5.38. The lowest BCUT2D eigenvalue weighted by molar-refractivity contribution is -0.110. The number of nitrogens with zero attached hydrogens (tertiary/aromatic N) is 1. The van der Waals surface area contributed by atoms with Gasteiger partial charge in [0.05, 0.1) is 16.8 Å². The van der Waals surface area contributed by atoms with Crippen molar-refractivity contribution in [3.8, 4) is 0 Å². The van der Waals surface area contributed by atoms with Gasteiger partial charge in [0.15, 0.2) is 0 Å². The zero-order chi connectivity index (χ0) is 27.6. The van der Waals surface area contributed by atoms with Gasteiger partial charge in [-0.3, -0.25) is 9.69 Å². The fourth-order valence-electron chi connectivity index (χ4n) is 6.23. The second-order valence-electron chi connectivity index (χ2n) is 11.6. The molecule has 3 N–H and O–H groups in total. The van der Waals surface area contributed by atoms with E-state index in [1.54, 1.807) is 0 Å². The zero-order valence-electron chi connectivity index (χ0n) is 23.3. The third-order valence-corrected chi connectivity index (χ3v) is 8.61. The van der Waals surface area contributed by atoms with Crippen molar-refractivity contribution in [1.82, 2.24) is 4.90 Å². The Morgan fingerprint density at radius 3 is 2.17 bits per heavy atom. The Morgan fingerprint density at radius 1 is 0.780 bits per heavy atom. The van der Waals surface area contributed by atoms with Crippen LogP contribution in [0.25, 0.3) is 11.3 Å². The normalized spacial score (nSPS) is 18.8. The number of benzene rings is 4. The molecule has 1 aliphatic carbocycles. The number of nitrogens with one attached hydrogen (secondary N) is 3. The second-order valence-corrected chi connectivity index (χ2v) is 11.6. The molecule has 0 spiro atoms. The lowest BCUT2D eigenvalue weighted by atomic mass is 9.98. The highest BCUT2D eigenvalue weighted by Crippen LogP contribution is 2.49. The van der Waals surface area contributed by atoms with Crippen LogP contribution >= 0.6 is 0 Å². The van der Waals surface area contributed by atoms with E-state index < -0.39 is 0 Å². The lowest BCUT2D eigenvalue weighted by Gasteiger charge is -2.26. The molecule has 0 aromatic heterocycles. The molecule has 1 saturated carbocycles. The minimum absolute atomic E-state index is 0.0358. The third-order valence-electron chi connectivity index (χ3n) is 8.61. The Bertz CT molecular complexity index is 1570. The molecule has 206 valence electrons. The summed E-state index contributed by atoms with van der Waals surface area (Å²) in [6.45, 7) is 3.35. The quantitative estimate of drug-likeness (QED) is 0.200. The van der Waals surface area contributed by atoms with Crippen LogP contribution < -0.4 is 16.0 Å². The average Bonchev–Trinajstić information content (AvgIpc) is 3.73. The van der Waals surface area contributed by atoms with Crippen LogP contribution in [0.2, 0.25) is 0 Å². The topological polar surface area (TPSA) is 56.4 Å². The lowest BCUT2D eigenvalue weighted by Crippen LogP contribution is -2.29. The molecule has 2 aliphatic heterocycles. The first kappa shape index (κ1) is 25.6. The van der Waals surface area contributed by atoms with Gasteiger partial charge in [0.2, 0.25) is 0 Å². The molecule has 5 heteroatoms. The van der Waals surface area contributed by atoms with Crippen LogP contribution in [0.4, 0.5) is 17.1 Å². The van der Waals surface area contributed by atoms with E-state index in [9.17, 15) is 4.79 Å². The molecule has 4 aromatic carbocycles. The van der Waals surface area contributed by atoms with Gasteiger partial charge in [0.1, 0.15) is 0 Å². The Kier molecular flexibility index (Phi) is 6.81. The molecule has 1 saturated heterocycles. The minimum Gasteiger partial charge on any atom is -0.376 e. The number of fused-ring (bicyclic) bond motifs is 1. The van der Waals surface area contributed by atoms with E-state index >= 15 is 0 Å². The van der Waals surface area contributed by atoms with Crippen LogP contribution in [0.5, 0.6) is 0 Å². The smallest absolute Gasteiger partial charge is 0.258 e. The van der Waals surface area contributed by atoms with E-state index in [1.165, 1.54) is 43.5 Å². The monoisotopic (exact) mass is 540 g/mol. The zero-order valence-corrected chi connectivity index (χ0v) is 23.3. The maximum Gasteiger partial charge on any atom is 0.258 e. The van der Waals surface area contributed by atoms with Gasteiger partial charge in [-0.05, 0) is 85.8 Å². The van der Waals surface area contributed by atoms with Crippen molar-refractivity contribution in [2.45, 2.75) is 44.2 Å². The van der Waals surface area contributed by atoms with Gasteiger partial charge in [-0.15, -0.1) is 0 Å². The Hall–Kier alpha value is -4.35. The fourth-order valence-corrected chi connectivity index (χ4v) is 6.23. The summed E-state index contributed by atoms with van der Waals surface area (Å²) in [5, 5.41) is 10.5. The summed E-state index contributed by atoms with van der Waals surface area (Å²) in [5.41, 5.74) is 8.78. The molecule has 5 nitrogen and oxygen atoms in total. The van der Waals surface area contributed by atoms with Crippen LogP contribution in [0.1, 0.15) is 54.4 Å². The van der Waals surface area contributed by atoms with Crippen molar-refractivity contribution in [2.24, 2.45) is 0 Å². The first-order valence-electron chi connectivity index (χ1n) is 14.8. The highest BCUT2D eigenvalue weighted by molar-refractivity contribution is 6.37. The number of piperidine rings is 1. The van der Waals surface area contributed by atoms with Crippen LogP contribution in [-0.2, 0) is 16.9 Å². The number of amides is 1. The molecule has 0 radical (unpaired) electrons. The number of carbonyl (C=O) groups is 1. The molecule has 2 fully saturated rings. The van der Waals surface area contributed by atoms with Crippen molar-refractivity contribution < 1.29 is 4.79 Å². The Morgan fingerprint density at radius 2 is 1.46 bits per heavy atom. The summed E-state index contributed by atoms with van der Waals surface area (Å²) < 4.78 is 0. The van der Waals surface area contributed by atoms with E-state index in [2.05, 4.69) is 99.7 Å². The van der Waals surface area contributed by atoms with Crippen LogP contribution in [0.15, 0.2) is 103 Å². The first-order valence-corrected chi connectivity index (χ1v) is 14.8. The summed E-state index contributed by atoms with van der Waals surface area (Å²) in [5.74, 6) is -0.0885. The van der Waals surface area contributed by atoms with Gasteiger partial charge in [-0.25, -0.2) is 0 Å². The first-order chi connectivity index (χ1) is 20.2. The SMILES string of the molecule is O=C1Nc2ccc(NC3(c4ccccc4)CC3)cc2C1=C(Nc1ccc(CN2CCCCC2)cc1)c1ccccc1. The summed E-state index contributed by atoms with van der Waals surface area (Å²) in [6.07, 6.45) is 6.12. The predicted molar refractivity (Wildman–Crippen MR) is 168 cm³/mol. The van der Waals surface area contributed by atoms with Gasteiger partial charge in [-0.1, -0.05) is 79.2 Å². The van der Waals surface area contributed by atoms with E-state index in [4.69, 9.17) is 0 Å². The number of hydrogen-bond donors (Lipinski definition) is 3. The second kappa shape index (κ2) is 10.9. The van der Waals surface area contributed by atoms with Gasteiger partial charge >= 0.3 is 0 Å². The van der Waals surface area contributed by atoms with E-state index in [1.807, 2.05) is 24.3 Å². The predicted octanol–water partition coefficient (Wildman–Crippen LogP) is 7.71.